The molecule has 2 nitrogen and oxygen atoms in total. The van der Waals surface area contributed by atoms with Crippen molar-refractivity contribution in [2.75, 3.05) is 16.8 Å². The van der Waals surface area contributed by atoms with E-state index < -0.39 is 0 Å². The number of anilines is 5. The summed E-state index contributed by atoms with van der Waals surface area (Å²) in [7, 11) is 2.14. The Hall–Kier alpha value is -5.34. The molecule has 0 N–H and O–H groups in total. The van der Waals surface area contributed by atoms with Gasteiger partial charge in [-0.05, 0) is 72.1 Å². The molecule has 0 saturated carbocycles. The van der Waals surface area contributed by atoms with Gasteiger partial charge in [0.25, 0.3) is 0 Å². The number of para-hydroxylation sites is 4. The van der Waals surface area contributed by atoms with Crippen LogP contribution in [0, 0.1) is 0 Å². The first-order valence-corrected chi connectivity index (χ1v) is 14.4. The molecule has 0 saturated heterocycles. The van der Waals surface area contributed by atoms with Gasteiger partial charge in [-0.1, -0.05) is 121 Å². The highest BCUT2D eigenvalue weighted by molar-refractivity contribution is 5.89. The number of hydrogen-bond donors (Lipinski definition) is 0. The Morgan fingerprint density at radius 1 is 0.452 bits per heavy atom. The molecular formula is C40H34N2. The topological polar surface area (TPSA) is 6.48 Å². The molecule has 0 aliphatic rings. The molecule has 0 fully saturated rings. The minimum atomic E-state index is 1.13. The largest absolute Gasteiger partial charge is 0.344 e. The highest BCUT2D eigenvalue weighted by Gasteiger charge is 2.17. The van der Waals surface area contributed by atoms with Crippen LogP contribution in [0.15, 0.2) is 164 Å². The van der Waals surface area contributed by atoms with E-state index in [1.165, 1.54) is 33.5 Å². The van der Waals surface area contributed by atoms with Crippen molar-refractivity contribution in [3.05, 3.63) is 169 Å². The molecular weight excluding hydrogens is 508 g/mol. The fourth-order valence-corrected chi connectivity index (χ4v) is 5.48. The molecule has 0 aliphatic heterocycles. The van der Waals surface area contributed by atoms with E-state index in [0.717, 1.165) is 22.7 Å². The number of rotatable bonds is 8. The average molecular weight is 543 g/mol. The lowest BCUT2D eigenvalue weighted by Crippen LogP contribution is -2.11. The van der Waals surface area contributed by atoms with Crippen molar-refractivity contribution in [2.24, 2.45) is 0 Å². The van der Waals surface area contributed by atoms with Crippen LogP contribution in [-0.2, 0) is 0 Å². The SMILES string of the molecule is C/C=C/c1ccc(-c2ccc(-c3ccccc3N(c3ccccc3)c3ccccc3)cc2)c(N(C)c2ccccc2)c1. The molecule has 0 radical (unpaired) electrons. The molecule has 6 rings (SSSR count). The Labute approximate surface area is 249 Å². The van der Waals surface area contributed by atoms with E-state index in [0.29, 0.717) is 0 Å². The van der Waals surface area contributed by atoms with E-state index >= 15 is 0 Å². The summed E-state index contributed by atoms with van der Waals surface area (Å²) < 4.78 is 0. The van der Waals surface area contributed by atoms with Crippen molar-refractivity contribution in [1.82, 2.24) is 0 Å². The van der Waals surface area contributed by atoms with Crippen LogP contribution in [0.1, 0.15) is 12.5 Å². The van der Waals surface area contributed by atoms with Crippen molar-refractivity contribution >= 4 is 34.5 Å². The lowest BCUT2D eigenvalue weighted by atomic mass is 9.96. The summed E-state index contributed by atoms with van der Waals surface area (Å²) >= 11 is 0. The van der Waals surface area contributed by atoms with E-state index in [4.69, 9.17) is 0 Å². The van der Waals surface area contributed by atoms with Gasteiger partial charge in [-0.3, -0.25) is 0 Å². The van der Waals surface area contributed by atoms with Crippen LogP contribution in [0.25, 0.3) is 28.3 Å². The first kappa shape index (κ1) is 26.9. The molecule has 6 aromatic rings. The summed E-state index contributed by atoms with van der Waals surface area (Å²) in [6.07, 6.45) is 4.24. The van der Waals surface area contributed by atoms with Crippen LogP contribution in [0.4, 0.5) is 28.4 Å². The minimum Gasteiger partial charge on any atom is -0.344 e. The maximum atomic E-state index is 2.33. The highest BCUT2D eigenvalue weighted by atomic mass is 15.1. The fourth-order valence-electron chi connectivity index (χ4n) is 5.48. The maximum absolute atomic E-state index is 2.33. The summed E-state index contributed by atoms with van der Waals surface area (Å²) in [6.45, 7) is 2.06. The minimum absolute atomic E-state index is 1.13. The molecule has 204 valence electrons. The van der Waals surface area contributed by atoms with Crippen molar-refractivity contribution in [3.8, 4) is 22.3 Å². The molecule has 0 bridgehead atoms. The predicted octanol–water partition coefficient (Wildman–Crippen LogP) is 11.3. The van der Waals surface area contributed by atoms with Gasteiger partial charge < -0.3 is 9.80 Å². The van der Waals surface area contributed by atoms with Gasteiger partial charge in [-0.2, -0.15) is 0 Å². The summed E-state index contributed by atoms with van der Waals surface area (Å²) in [5.41, 5.74) is 11.7. The molecule has 6 aromatic carbocycles. The van der Waals surface area contributed by atoms with Gasteiger partial charge in [-0.15, -0.1) is 0 Å². The normalized spacial score (nSPS) is 11.0. The molecule has 0 spiro atoms. The first-order valence-electron chi connectivity index (χ1n) is 14.4. The van der Waals surface area contributed by atoms with E-state index in [2.05, 4.69) is 194 Å². The summed E-state index contributed by atoms with van der Waals surface area (Å²) in [6, 6.07) is 56.0. The van der Waals surface area contributed by atoms with Crippen molar-refractivity contribution in [3.63, 3.8) is 0 Å². The second-order valence-corrected chi connectivity index (χ2v) is 10.3. The summed E-state index contributed by atoms with van der Waals surface area (Å²) in [5.74, 6) is 0. The Balaban J connectivity index is 1.42. The summed E-state index contributed by atoms with van der Waals surface area (Å²) in [4.78, 5) is 4.60. The Bertz CT molecular complexity index is 1730. The lowest BCUT2D eigenvalue weighted by molar-refractivity contribution is 1.21. The quantitative estimate of drug-likeness (QED) is 0.189. The van der Waals surface area contributed by atoms with Gasteiger partial charge in [0.15, 0.2) is 0 Å². The first-order chi connectivity index (χ1) is 20.7. The number of allylic oxidation sites excluding steroid dienone is 1. The van der Waals surface area contributed by atoms with E-state index in [1.807, 2.05) is 0 Å². The van der Waals surface area contributed by atoms with Crippen molar-refractivity contribution in [2.45, 2.75) is 6.92 Å². The zero-order valence-corrected chi connectivity index (χ0v) is 24.1. The Kier molecular flexibility index (Phi) is 7.96. The predicted molar refractivity (Wildman–Crippen MR) is 181 cm³/mol. The van der Waals surface area contributed by atoms with Crippen LogP contribution in [0.5, 0.6) is 0 Å². The van der Waals surface area contributed by atoms with Crippen LogP contribution in [0.3, 0.4) is 0 Å². The van der Waals surface area contributed by atoms with Gasteiger partial charge in [0.2, 0.25) is 0 Å². The molecule has 0 aromatic heterocycles. The van der Waals surface area contributed by atoms with Crippen LogP contribution >= 0.6 is 0 Å². The van der Waals surface area contributed by atoms with Gasteiger partial charge >= 0.3 is 0 Å². The third-order valence-corrected chi connectivity index (χ3v) is 7.57. The molecule has 0 heterocycles. The molecule has 0 amide bonds. The maximum Gasteiger partial charge on any atom is 0.0540 e. The number of benzene rings is 6. The van der Waals surface area contributed by atoms with Crippen molar-refractivity contribution < 1.29 is 0 Å². The molecule has 42 heavy (non-hydrogen) atoms. The standard InChI is InChI=1S/C40H34N2/c1-3-15-31-24-29-38(40(30-31)41(2)34-16-7-4-8-17-34)33-27-25-32(26-28-33)37-22-13-14-23-39(37)42(35-18-9-5-10-19-35)36-20-11-6-12-21-36/h3-30H,1-2H3/b15-3+. The molecule has 0 aliphatic carbocycles. The third kappa shape index (κ3) is 5.61. The molecule has 0 atom stereocenters. The Morgan fingerprint density at radius 2 is 0.929 bits per heavy atom. The van der Waals surface area contributed by atoms with Gasteiger partial charge in [0, 0.05) is 40.9 Å². The van der Waals surface area contributed by atoms with Gasteiger partial charge in [0.05, 0.1) is 5.69 Å². The van der Waals surface area contributed by atoms with E-state index in [1.54, 1.807) is 0 Å². The van der Waals surface area contributed by atoms with Crippen LogP contribution in [0.2, 0.25) is 0 Å². The zero-order chi connectivity index (χ0) is 28.7. The second-order valence-electron chi connectivity index (χ2n) is 10.3. The zero-order valence-electron chi connectivity index (χ0n) is 24.1. The Morgan fingerprint density at radius 3 is 1.48 bits per heavy atom. The highest BCUT2D eigenvalue weighted by Crippen LogP contribution is 2.41. The number of nitrogens with zero attached hydrogens (tertiary/aromatic N) is 2. The monoisotopic (exact) mass is 542 g/mol. The smallest absolute Gasteiger partial charge is 0.0540 e. The van der Waals surface area contributed by atoms with Gasteiger partial charge in [-0.25, -0.2) is 0 Å². The van der Waals surface area contributed by atoms with E-state index in [9.17, 15) is 0 Å². The van der Waals surface area contributed by atoms with Crippen LogP contribution < -0.4 is 9.80 Å². The van der Waals surface area contributed by atoms with Gasteiger partial charge in [0.1, 0.15) is 0 Å². The van der Waals surface area contributed by atoms with Crippen LogP contribution in [-0.4, -0.2) is 7.05 Å². The number of hydrogen-bond acceptors (Lipinski definition) is 2. The second kappa shape index (κ2) is 12.4. The fraction of sp³-hybridized carbons (Fsp3) is 0.0500. The molecule has 2 heteroatoms. The van der Waals surface area contributed by atoms with Crippen molar-refractivity contribution in [1.29, 1.82) is 0 Å². The molecule has 0 unspecified atom stereocenters. The third-order valence-electron chi connectivity index (χ3n) is 7.57. The lowest BCUT2D eigenvalue weighted by Gasteiger charge is -2.28. The average Bonchev–Trinajstić information content (AvgIpc) is 3.06. The summed E-state index contributed by atoms with van der Waals surface area (Å²) in [5, 5.41) is 0. The van der Waals surface area contributed by atoms with E-state index in [-0.39, 0.29) is 0 Å².